The highest BCUT2D eigenvalue weighted by atomic mass is 32.2. The number of carboxylic acid groups (broad SMARTS) is 1. The predicted molar refractivity (Wildman–Crippen MR) is 102 cm³/mol. The molecule has 1 amide bonds. The van der Waals surface area contributed by atoms with Crippen molar-refractivity contribution in [1.82, 2.24) is 0 Å². The van der Waals surface area contributed by atoms with E-state index in [2.05, 4.69) is 4.99 Å². The van der Waals surface area contributed by atoms with E-state index < -0.39 is 21.7 Å². The Morgan fingerprint density at radius 2 is 1.88 bits per heavy atom. The number of thioether (sulfide) groups is 1. The zero-order valence-electron chi connectivity index (χ0n) is 14.5. The Morgan fingerprint density at radius 1 is 1.23 bits per heavy atom. The number of hydrogen-bond acceptors (Lipinski definition) is 5. The fraction of sp³-hybridized carbons (Fsp3) is 0.471. The van der Waals surface area contributed by atoms with E-state index in [0.717, 1.165) is 16.8 Å². The van der Waals surface area contributed by atoms with E-state index in [1.165, 1.54) is 11.8 Å². The summed E-state index contributed by atoms with van der Waals surface area (Å²) in [6.07, 6.45) is -0.446. The molecule has 2 aliphatic rings. The molecule has 1 aromatic rings. The molecule has 0 aromatic heterocycles. The lowest BCUT2D eigenvalue weighted by atomic mass is 10.1. The Morgan fingerprint density at radius 3 is 2.50 bits per heavy atom. The molecule has 2 aliphatic heterocycles. The average molecular weight is 396 g/mol. The van der Waals surface area contributed by atoms with Gasteiger partial charge in [0, 0.05) is 17.4 Å². The molecule has 2 atom stereocenters. The number of carbonyl (C=O) groups is 2. The Bertz CT molecular complexity index is 874. The molecule has 0 aliphatic carbocycles. The molecule has 0 bridgehead atoms. The summed E-state index contributed by atoms with van der Waals surface area (Å²) in [5.41, 5.74) is 2.82. The maximum Gasteiger partial charge on any atom is 0.303 e. The number of nitrogens with zero attached hydrogens (tertiary/aromatic N) is 2. The molecule has 140 valence electrons. The number of carboxylic acids is 1. The van der Waals surface area contributed by atoms with Gasteiger partial charge in [0.2, 0.25) is 5.91 Å². The lowest BCUT2D eigenvalue weighted by molar-refractivity contribution is -0.138. The van der Waals surface area contributed by atoms with E-state index in [0.29, 0.717) is 5.17 Å². The number of aryl methyl sites for hydroxylation is 2. The van der Waals surface area contributed by atoms with Gasteiger partial charge in [0.05, 0.1) is 24.0 Å². The number of amidine groups is 1. The Kier molecular flexibility index (Phi) is 5.12. The lowest BCUT2D eigenvalue weighted by Gasteiger charge is -2.27. The molecule has 7 nitrogen and oxygen atoms in total. The van der Waals surface area contributed by atoms with Crippen molar-refractivity contribution >= 4 is 44.3 Å². The summed E-state index contributed by atoms with van der Waals surface area (Å²) in [5.74, 6) is -1.46. The number of aliphatic imine (C=N–C) groups is 1. The van der Waals surface area contributed by atoms with Crippen LogP contribution in [0.4, 0.5) is 5.69 Å². The third-order valence-corrected chi connectivity index (χ3v) is 7.73. The summed E-state index contributed by atoms with van der Waals surface area (Å²) < 4.78 is 24.2. The largest absolute Gasteiger partial charge is 0.481 e. The molecule has 3 rings (SSSR count). The van der Waals surface area contributed by atoms with E-state index in [9.17, 15) is 18.0 Å². The van der Waals surface area contributed by atoms with Gasteiger partial charge < -0.3 is 10.0 Å². The standard InChI is InChI=1S/C17H20N2O5S2/c1-10-4-3-5-11(2)16(10)19-12-8-26(23,24)9-13(12)25-17(19)18-14(20)6-7-15(21)22/h3-5,12-13H,6-9H2,1-2H3,(H,21,22)/t12-,13+/m0/s1. The van der Waals surface area contributed by atoms with Crippen molar-refractivity contribution < 1.29 is 23.1 Å². The minimum atomic E-state index is -3.13. The van der Waals surface area contributed by atoms with Gasteiger partial charge in [0.1, 0.15) is 0 Å². The van der Waals surface area contributed by atoms with E-state index in [1.807, 2.05) is 36.9 Å². The topological polar surface area (TPSA) is 104 Å². The van der Waals surface area contributed by atoms with Gasteiger partial charge >= 0.3 is 5.97 Å². The molecule has 0 saturated carbocycles. The molecule has 2 fully saturated rings. The second-order valence-corrected chi connectivity index (χ2v) is 9.95. The number of sulfone groups is 1. The van der Waals surface area contributed by atoms with Crippen molar-refractivity contribution in [3.05, 3.63) is 29.3 Å². The smallest absolute Gasteiger partial charge is 0.303 e. The molecule has 1 N–H and O–H groups in total. The van der Waals surface area contributed by atoms with Crippen LogP contribution in [-0.4, -0.2) is 53.4 Å². The number of amides is 1. The molecule has 9 heteroatoms. The Hall–Kier alpha value is -1.87. The number of benzene rings is 1. The first-order chi connectivity index (χ1) is 12.2. The van der Waals surface area contributed by atoms with Gasteiger partial charge in [-0.15, -0.1) is 0 Å². The fourth-order valence-electron chi connectivity index (χ4n) is 3.39. The van der Waals surface area contributed by atoms with Crippen LogP contribution in [0.15, 0.2) is 23.2 Å². The summed E-state index contributed by atoms with van der Waals surface area (Å²) in [5, 5.41) is 9.02. The molecule has 2 heterocycles. The van der Waals surface area contributed by atoms with Gasteiger partial charge in [0.15, 0.2) is 15.0 Å². The van der Waals surface area contributed by atoms with Gasteiger partial charge in [-0.3, -0.25) is 9.59 Å². The first kappa shape index (κ1) is 18.9. The molecule has 0 unspecified atom stereocenters. The normalized spacial score (nSPS) is 25.5. The number of hydrogen-bond donors (Lipinski definition) is 1. The van der Waals surface area contributed by atoms with Crippen molar-refractivity contribution in [1.29, 1.82) is 0 Å². The predicted octanol–water partition coefficient (Wildman–Crippen LogP) is 1.77. The van der Waals surface area contributed by atoms with Crippen LogP contribution in [0.2, 0.25) is 0 Å². The first-order valence-electron chi connectivity index (χ1n) is 8.24. The lowest BCUT2D eigenvalue weighted by Crippen LogP contribution is -2.38. The average Bonchev–Trinajstić information content (AvgIpc) is 2.97. The van der Waals surface area contributed by atoms with E-state index in [1.54, 1.807) is 0 Å². The van der Waals surface area contributed by atoms with Crippen LogP contribution in [-0.2, 0) is 19.4 Å². The summed E-state index contributed by atoms with van der Waals surface area (Å²) in [7, 11) is -3.13. The van der Waals surface area contributed by atoms with Gasteiger partial charge in [-0.1, -0.05) is 30.0 Å². The van der Waals surface area contributed by atoms with Gasteiger partial charge in [-0.25, -0.2) is 8.42 Å². The van der Waals surface area contributed by atoms with E-state index in [-0.39, 0.29) is 35.6 Å². The van der Waals surface area contributed by atoms with Crippen LogP contribution < -0.4 is 4.90 Å². The summed E-state index contributed by atoms with van der Waals surface area (Å²) in [6, 6.07) is 5.53. The van der Waals surface area contributed by atoms with Gasteiger partial charge in [0.25, 0.3) is 0 Å². The highest BCUT2D eigenvalue weighted by Crippen LogP contribution is 2.43. The quantitative estimate of drug-likeness (QED) is 0.827. The molecule has 0 spiro atoms. The summed E-state index contributed by atoms with van der Waals surface area (Å²) in [6.45, 7) is 3.88. The van der Waals surface area contributed by atoms with Crippen molar-refractivity contribution in [3.8, 4) is 0 Å². The summed E-state index contributed by atoms with van der Waals surface area (Å²) in [4.78, 5) is 28.7. The molecular weight excluding hydrogens is 376 g/mol. The fourth-order valence-corrected chi connectivity index (χ4v) is 7.31. The van der Waals surface area contributed by atoms with Crippen molar-refractivity contribution in [2.45, 2.75) is 38.0 Å². The molecule has 26 heavy (non-hydrogen) atoms. The van der Waals surface area contributed by atoms with Crippen LogP contribution in [0.25, 0.3) is 0 Å². The molecule has 0 radical (unpaired) electrons. The third-order valence-electron chi connectivity index (χ3n) is 4.52. The molecular formula is C17H20N2O5S2. The number of carbonyl (C=O) groups excluding carboxylic acids is 1. The number of fused-ring (bicyclic) bond motifs is 1. The highest BCUT2D eigenvalue weighted by Gasteiger charge is 2.49. The van der Waals surface area contributed by atoms with Crippen molar-refractivity contribution in [2.75, 3.05) is 16.4 Å². The van der Waals surface area contributed by atoms with Crippen LogP contribution in [0.1, 0.15) is 24.0 Å². The van der Waals surface area contributed by atoms with E-state index in [4.69, 9.17) is 5.11 Å². The van der Waals surface area contributed by atoms with Crippen LogP contribution in [0.3, 0.4) is 0 Å². The number of rotatable bonds is 4. The summed E-state index contributed by atoms with van der Waals surface area (Å²) >= 11 is 1.29. The second kappa shape index (κ2) is 7.03. The second-order valence-electron chi connectivity index (χ2n) is 6.59. The SMILES string of the molecule is Cc1cccc(C)c1N1C(=NC(=O)CCC(=O)O)S[C@@H]2CS(=O)(=O)C[C@@H]21. The highest BCUT2D eigenvalue weighted by molar-refractivity contribution is 8.16. The van der Waals surface area contributed by atoms with E-state index >= 15 is 0 Å². The van der Waals surface area contributed by atoms with Crippen LogP contribution in [0, 0.1) is 13.8 Å². The van der Waals surface area contributed by atoms with Crippen LogP contribution >= 0.6 is 11.8 Å². The minimum Gasteiger partial charge on any atom is -0.481 e. The monoisotopic (exact) mass is 396 g/mol. The molecule has 1 aromatic carbocycles. The molecule has 2 saturated heterocycles. The maximum absolute atomic E-state index is 12.1. The van der Waals surface area contributed by atoms with Crippen LogP contribution in [0.5, 0.6) is 0 Å². The first-order valence-corrected chi connectivity index (χ1v) is 10.9. The zero-order valence-corrected chi connectivity index (χ0v) is 16.1. The Balaban J connectivity index is 1.99. The number of para-hydroxylation sites is 1. The zero-order chi connectivity index (χ0) is 19.1. The van der Waals surface area contributed by atoms with Gasteiger partial charge in [-0.05, 0) is 25.0 Å². The number of aliphatic carboxylic acids is 1. The Labute approximate surface area is 156 Å². The number of anilines is 1. The third kappa shape index (κ3) is 3.78. The van der Waals surface area contributed by atoms with Crippen molar-refractivity contribution in [2.24, 2.45) is 4.99 Å². The minimum absolute atomic E-state index is 0.0285. The van der Waals surface area contributed by atoms with Crippen molar-refractivity contribution in [3.63, 3.8) is 0 Å². The van der Waals surface area contributed by atoms with Gasteiger partial charge in [-0.2, -0.15) is 4.99 Å². The maximum atomic E-state index is 12.1.